The zero-order valence-electron chi connectivity index (χ0n) is 11.1. The minimum absolute atomic E-state index is 0.634. The Labute approximate surface area is 123 Å². The van der Waals surface area contributed by atoms with E-state index in [1.165, 1.54) is 47.4 Å². The molecule has 4 heteroatoms. The van der Waals surface area contributed by atoms with Gasteiger partial charge in [0.2, 0.25) is 0 Å². The molecule has 1 aliphatic heterocycles. The number of rotatable bonds is 6. The number of thiophene rings is 1. The first-order chi connectivity index (χ1) is 8.81. The van der Waals surface area contributed by atoms with Gasteiger partial charge in [0, 0.05) is 37.1 Å². The predicted octanol–water partition coefficient (Wildman–Crippen LogP) is 4.04. The number of hydrogen-bond donors (Lipinski definition) is 1. The summed E-state index contributed by atoms with van der Waals surface area (Å²) in [4.78, 5) is 4.18. The van der Waals surface area contributed by atoms with Crippen molar-refractivity contribution in [1.29, 1.82) is 0 Å². The van der Waals surface area contributed by atoms with Crippen molar-refractivity contribution in [2.75, 3.05) is 26.2 Å². The molecule has 2 heterocycles. The normalized spacial score (nSPS) is 19.0. The molecular weight excluding hydrogens is 308 g/mol. The number of unbranched alkanes of at least 4 members (excludes halogenated alkanes) is 2. The van der Waals surface area contributed by atoms with Crippen LogP contribution in [0.1, 0.15) is 43.5 Å². The van der Waals surface area contributed by atoms with E-state index in [9.17, 15) is 0 Å². The van der Waals surface area contributed by atoms with E-state index in [0.29, 0.717) is 6.04 Å². The van der Waals surface area contributed by atoms with Gasteiger partial charge in [-0.05, 0) is 34.5 Å². The molecule has 0 aromatic carbocycles. The molecule has 0 bridgehead atoms. The molecule has 2 rings (SSSR count). The molecule has 0 aliphatic carbocycles. The number of halogens is 1. The van der Waals surface area contributed by atoms with Crippen LogP contribution in [0.15, 0.2) is 15.9 Å². The molecule has 1 aromatic rings. The highest BCUT2D eigenvalue weighted by Gasteiger charge is 2.22. The van der Waals surface area contributed by atoms with Gasteiger partial charge in [-0.3, -0.25) is 4.90 Å². The van der Waals surface area contributed by atoms with Crippen LogP contribution in [0.3, 0.4) is 0 Å². The van der Waals surface area contributed by atoms with Crippen molar-refractivity contribution in [3.05, 3.63) is 20.8 Å². The summed E-state index contributed by atoms with van der Waals surface area (Å²) in [7, 11) is 0. The van der Waals surface area contributed by atoms with Gasteiger partial charge >= 0.3 is 0 Å². The number of piperazine rings is 1. The van der Waals surface area contributed by atoms with Gasteiger partial charge in [-0.2, -0.15) is 0 Å². The third-order valence-corrected chi connectivity index (χ3v) is 5.32. The van der Waals surface area contributed by atoms with E-state index in [0.717, 1.165) is 13.1 Å². The van der Waals surface area contributed by atoms with Crippen LogP contribution in [0, 0.1) is 0 Å². The van der Waals surface area contributed by atoms with Gasteiger partial charge in [0.05, 0.1) is 3.79 Å². The predicted molar refractivity (Wildman–Crippen MR) is 83.3 cm³/mol. The molecule has 1 fully saturated rings. The highest BCUT2D eigenvalue weighted by atomic mass is 79.9. The fourth-order valence-electron chi connectivity index (χ4n) is 2.59. The Morgan fingerprint density at radius 3 is 2.72 bits per heavy atom. The van der Waals surface area contributed by atoms with Crippen molar-refractivity contribution >= 4 is 27.3 Å². The van der Waals surface area contributed by atoms with Gasteiger partial charge < -0.3 is 5.32 Å². The Morgan fingerprint density at radius 1 is 1.33 bits per heavy atom. The van der Waals surface area contributed by atoms with Gasteiger partial charge in [-0.25, -0.2) is 0 Å². The zero-order valence-corrected chi connectivity index (χ0v) is 13.5. The molecule has 0 amide bonds. The zero-order chi connectivity index (χ0) is 12.8. The lowest BCUT2D eigenvalue weighted by atomic mass is 10.0. The topological polar surface area (TPSA) is 15.3 Å². The van der Waals surface area contributed by atoms with Crippen LogP contribution in [-0.2, 0) is 0 Å². The van der Waals surface area contributed by atoms with E-state index in [-0.39, 0.29) is 0 Å². The molecule has 2 nitrogen and oxygen atoms in total. The average Bonchev–Trinajstić information content (AvgIpc) is 2.82. The summed E-state index contributed by atoms with van der Waals surface area (Å²) in [5.74, 6) is 0. The minimum Gasteiger partial charge on any atom is -0.314 e. The number of nitrogens with one attached hydrogen (secondary N) is 1. The first-order valence-corrected chi connectivity index (χ1v) is 8.62. The molecule has 0 unspecified atom stereocenters. The van der Waals surface area contributed by atoms with Crippen LogP contribution in [0.2, 0.25) is 0 Å². The molecule has 1 atom stereocenters. The molecule has 1 aromatic heterocycles. The standard InChI is InChI=1S/C14H23BrN2S/c1-2-3-4-5-12(13-6-7-14(15)18-13)17-10-8-16-9-11-17/h6-7,12,16H,2-5,8-11H2,1H3/t12-/m1/s1. The summed E-state index contributed by atoms with van der Waals surface area (Å²) in [5, 5.41) is 3.45. The molecule has 0 radical (unpaired) electrons. The summed E-state index contributed by atoms with van der Waals surface area (Å²) in [6.45, 7) is 6.92. The quantitative estimate of drug-likeness (QED) is 0.792. The van der Waals surface area contributed by atoms with Crippen molar-refractivity contribution in [1.82, 2.24) is 10.2 Å². The SMILES string of the molecule is CCCCC[C@H](c1ccc(Br)s1)N1CCNCC1. The maximum absolute atomic E-state index is 3.59. The lowest BCUT2D eigenvalue weighted by molar-refractivity contribution is 0.165. The third-order valence-electron chi connectivity index (χ3n) is 3.60. The van der Waals surface area contributed by atoms with Crippen LogP contribution in [0.5, 0.6) is 0 Å². The highest BCUT2D eigenvalue weighted by molar-refractivity contribution is 9.11. The lowest BCUT2D eigenvalue weighted by Crippen LogP contribution is -2.45. The summed E-state index contributed by atoms with van der Waals surface area (Å²) >= 11 is 5.50. The van der Waals surface area contributed by atoms with Gasteiger partial charge in [0.25, 0.3) is 0 Å². The third kappa shape index (κ3) is 4.05. The van der Waals surface area contributed by atoms with E-state index in [4.69, 9.17) is 0 Å². The Bertz CT molecular complexity index is 347. The van der Waals surface area contributed by atoms with E-state index in [1.807, 2.05) is 11.3 Å². The molecule has 0 saturated carbocycles. The van der Waals surface area contributed by atoms with Crippen molar-refractivity contribution in [2.45, 2.75) is 38.6 Å². The summed E-state index contributed by atoms with van der Waals surface area (Å²) in [5.41, 5.74) is 0. The molecule has 18 heavy (non-hydrogen) atoms. The van der Waals surface area contributed by atoms with E-state index in [1.54, 1.807) is 0 Å². The summed E-state index contributed by atoms with van der Waals surface area (Å²) in [6.07, 6.45) is 5.32. The van der Waals surface area contributed by atoms with Crippen LogP contribution >= 0.6 is 27.3 Å². The van der Waals surface area contributed by atoms with Crippen molar-refractivity contribution < 1.29 is 0 Å². The van der Waals surface area contributed by atoms with Gasteiger partial charge in [0.15, 0.2) is 0 Å². The van der Waals surface area contributed by atoms with Crippen molar-refractivity contribution in [3.8, 4) is 0 Å². The Hall–Kier alpha value is 0.1000. The van der Waals surface area contributed by atoms with Crippen LogP contribution in [0.4, 0.5) is 0 Å². The Morgan fingerprint density at radius 2 is 2.11 bits per heavy atom. The van der Waals surface area contributed by atoms with E-state index in [2.05, 4.69) is 45.2 Å². The minimum atomic E-state index is 0.634. The second-order valence-electron chi connectivity index (χ2n) is 4.94. The number of nitrogens with zero attached hydrogens (tertiary/aromatic N) is 1. The molecule has 0 spiro atoms. The monoisotopic (exact) mass is 330 g/mol. The van der Waals surface area contributed by atoms with E-state index < -0.39 is 0 Å². The molecule has 102 valence electrons. The maximum Gasteiger partial charge on any atom is 0.0701 e. The fourth-order valence-corrected chi connectivity index (χ4v) is 4.19. The second-order valence-corrected chi connectivity index (χ2v) is 7.43. The van der Waals surface area contributed by atoms with Crippen molar-refractivity contribution in [2.24, 2.45) is 0 Å². The summed E-state index contributed by atoms with van der Waals surface area (Å²) < 4.78 is 1.26. The average molecular weight is 331 g/mol. The van der Waals surface area contributed by atoms with Crippen LogP contribution in [-0.4, -0.2) is 31.1 Å². The van der Waals surface area contributed by atoms with Crippen molar-refractivity contribution in [3.63, 3.8) is 0 Å². The highest BCUT2D eigenvalue weighted by Crippen LogP contribution is 2.34. The first-order valence-electron chi connectivity index (χ1n) is 7.01. The largest absolute Gasteiger partial charge is 0.314 e. The van der Waals surface area contributed by atoms with Gasteiger partial charge in [0.1, 0.15) is 0 Å². The second kappa shape index (κ2) is 7.63. The Kier molecular flexibility index (Phi) is 6.15. The number of hydrogen-bond acceptors (Lipinski definition) is 3. The van der Waals surface area contributed by atoms with Crippen LogP contribution in [0.25, 0.3) is 0 Å². The molecule has 1 saturated heterocycles. The molecule has 1 aliphatic rings. The first kappa shape index (κ1) is 14.5. The molecule has 1 N–H and O–H groups in total. The van der Waals surface area contributed by atoms with Gasteiger partial charge in [-0.15, -0.1) is 11.3 Å². The Balaban J connectivity index is 2.01. The van der Waals surface area contributed by atoms with Gasteiger partial charge in [-0.1, -0.05) is 26.2 Å². The fraction of sp³-hybridized carbons (Fsp3) is 0.714. The summed E-state index contributed by atoms with van der Waals surface area (Å²) in [6, 6.07) is 5.12. The van der Waals surface area contributed by atoms with E-state index >= 15 is 0 Å². The maximum atomic E-state index is 3.59. The smallest absolute Gasteiger partial charge is 0.0701 e. The lowest BCUT2D eigenvalue weighted by Gasteiger charge is -2.34. The molecular formula is C14H23BrN2S. The van der Waals surface area contributed by atoms with Crippen LogP contribution < -0.4 is 5.32 Å².